The van der Waals surface area contributed by atoms with Crippen LogP contribution in [-0.4, -0.2) is 38.4 Å². The lowest BCUT2D eigenvalue weighted by molar-refractivity contribution is -0.145. The molecule has 0 saturated carbocycles. The Labute approximate surface area is 185 Å². The van der Waals surface area contributed by atoms with E-state index in [-0.39, 0.29) is 25.5 Å². The molecule has 0 radical (unpaired) electrons. The van der Waals surface area contributed by atoms with Crippen molar-refractivity contribution < 1.29 is 23.8 Å². The minimum absolute atomic E-state index is 0.221. The SMILES string of the molecule is CCOC(=O)COc1c(Br)cc(/C=N\NC(=O)Cc2ccc(Br)cc2)cc1OC. The second-order valence-electron chi connectivity index (χ2n) is 5.72. The van der Waals surface area contributed by atoms with Gasteiger partial charge in [0.2, 0.25) is 5.91 Å². The molecule has 0 spiro atoms. The quantitative estimate of drug-likeness (QED) is 0.304. The molecule has 0 aliphatic heterocycles. The lowest BCUT2D eigenvalue weighted by Gasteiger charge is -2.13. The third-order valence-electron chi connectivity index (χ3n) is 3.57. The fourth-order valence-electron chi connectivity index (χ4n) is 2.29. The van der Waals surface area contributed by atoms with Gasteiger partial charge in [0.1, 0.15) is 0 Å². The summed E-state index contributed by atoms with van der Waals surface area (Å²) in [6.45, 7) is 1.77. The van der Waals surface area contributed by atoms with Crippen molar-refractivity contribution in [2.75, 3.05) is 20.3 Å². The predicted molar refractivity (Wildman–Crippen MR) is 116 cm³/mol. The summed E-state index contributed by atoms with van der Waals surface area (Å²) in [7, 11) is 1.49. The molecule has 0 aliphatic rings. The highest BCUT2D eigenvalue weighted by Gasteiger charge is 2.13. The Balaban J connectivity index is 1.99. The van der Waals surface area contributed by atoms with Crippen molar-refractivity contribution in [1.82, 2.24) is 5.43 Å². The van der Waals surface area contributed by atoms with Gasteiger partial charge in [0.05, 0.1) is 30.8 Å². The molecule has 0 aliphatic carbocycles. The molecule has 1 N–H and O–H groups in total. The zero-order valence-corrected chi connectivity index (χ0v) is 19.1. The number of nitrogens with one attached hydrogen (secondary N) is 1. The second-order valence-corrected chi connectivity index (χ2v) is 7.49. The van der Waals surface area contributed by atoms with Gasteiger partial charge >= 0.3 is 5.97 Å². The molecule has 7 nitrogen and oxygen atoms in total. The molecule has 0 unspecified atom stereocenters. The van der Waals surface area contributed by atoms with E-state index in [1.54, 1.807) is 19.1 Å². The monoisotopic (exact) mass is 526 g/mol. The van der Waals surface area contributed by atoms with Crippen LogP contribution < -0.4 is 14.9 Å². The Kier molecular flexibility index (Phi) is 9.14. The van der Waals surface area contributed by atoms with E-state index in [2.05, 4.69) is 42.4 Å². The topological polar surface area (TPSA) is 86.2 Å². The maximum atomic E-state index is 12.0. The van der Waals surface area contributed by atoms with Crippen LogP contribution in [0.5, 0.6) is 11.5 Å². The summed E-state index contributed by atoms with van der Waals surface area (Å²) >= 11 is 6.74. The molecule has 0 aromatic heterocycles. The fraction of sp³-hybridized carbons (Fsp3) is 0.250. The maximum Gasteiger partial charge on any atom is 0.344 e. The maximum absolute atomic E-state index is 12.0. The number of nitrogens with zero attached hydrogens (tertiary/aromatic N) is 1. The first-order valence-corrected chi connectivity index (χ1v) is 10.2. The van der Waals surface area contributed by atoms with Crippen molar-refractivity contribution in [2.24, 2.45) is 5.10 Å². The van der Waals surface area contributed by atoms with Gasteiger partial charge in [-0.25, -0.2) is 10.2 Å². The summed E-state index contributed by atoms with van der Waals surface area (Å²) in [6, 6.07) is 10.9. The van der Waals surface area contributed by atoms with Crippen LogP contribution in [0.15, 0.2) is 50.4 Å². The van der Waals surface area contributed by atoms with Gasteiger partial charge in [0.25, 0.3) is 0 Å². The van der Waals surface area contributed by atoms with Crippen molar-refractivity contribution >= 4 is 50.0 Å². The number of carbonyl (C=O) groups excluding carboxylic acids is 2. The van der Waals surface area contributed by atoms with Crippen LogP contribution >= 0.6 is 31.9 Å². The molecule has 1 amide bonds. The molecule has 2 aromatic carbocycles. The van der Waals surface area contributed by atoms with Crippen LogP contribution in [0, 0.1) is 0 Å². The van der Waals surface area contributed by atoms with Gasteiger partial charge in [-0.05, 0) is 58.2 Å². The first-order chi connectivity index (χ1) is 13.9. The lowest BCUT2D eigenvalue weighted by Crippen LogP contribution is -2.19. The molecule has 154 valence electrons. The van der Waals surface area contributed by atoms with Crippen molar-refractivity contribution in [3.8, 4) is 11.5 Å². The van der Waals surface area contributed by atoms with Gasteiger partial charge in [0.15, 0.2) is 18.1 Å². The number of hydrazone groups is 1. The largest absolute Gasteiger partial charge is 0.493 e. The Morgan fingerprint density at radius 3 is 2.55 bits per heavy atom. The highest BCUT2D eigenvalue weighted by molar-refractivity contribution is 9.10. The summed E-state index contributed by atoms with van der Waals surface area (Å²) in [4.78, 5) is 23.5. The average Bonchev–Trinajstić information content (AvgIpc) is 2.68. The highest BCUT2D eigenvalue weighted by atomic mass is 79.9. The van der Waals surface area contributed by atoms with E-state index in [1.807, 2.05) is 24.3 Å². The molecule has 2 aromatic rings. The number of esters is 1. The van der Waals surface area contributed by atoms with E-state index in [4.69, 9.17) is 14.2 Å². The Bertz CT molecular complexity index is 885. The van der Waals surface area contributed by atoms with Crippen molar-refractivity contribution in [3.05, 3.63) is 56.5 Å². The molecule has 0 atom stereocenters. The van der Waals surface area contributed by atoms with E-state index >= 15 is 0 Å². The van der Waals surface area contributed by atoms with Crippen LogP contribution in [0.4, 0.5) is 0 Å². The van der Waals surface area contributed by atoms with E-state index < -0.39 is 5.97 Å². The van der Waals surface area contributed by atoms with Crippen molar-refractivity contribution in [3.63, 3.8) is 0 Å². The number of hydrogen-bond acceptors (Lipinski definition) is 6. The molecular formula is C20H20Br2N2O5. The first kappa shape index (κ1) is 22.9. The Hall–Kier alpha value is -2.39. The standard InChI is InChI=1S/C20H20Br2N2O5/c1-3-28-19(26)12-29-20-16(22)8-14(9-17(20)27-2)11-23-24-18(25)10-13-4-6-15(21)7-5-13/h4-9,11H,3,10,12H2,1-2H3,(H,24,25)/b23-11-. The first-order valence-electron chi connectivity index (χ1n) is 8.65. The average molecular weight is 528 g/mol. The third-order valence-corrected chi connectivity index (χ3v) is 4.69. The fourth-order valence-corrected chi connectivity index (χ4v) is 3.13. The van der Waals surface area contributed by atoms with Crippen molar-refractivity contribution in [2.45, 2.75) is 13.3 Å². The van der Waals surface area contributed by atoms with Gasteiger partial charge in [-0.1, -0.05) is 28.1 Å². The summed E-state index contributed by atoms with van der Waals surface area (Å²) in [6.07, 6.45) is 1.71. The van der Waals surface area contributed by atoms with Crippen LogP contribution in [0.25, 0.3) is 0 Å². The van der Waals surface area contributed by atoms with Gasteiger partial charge in [-0.15, -0.1) is 0 Å². The highest BCUT2D eigenvalue weighted by Crippen LogP contribution is 2.36. The van der Waals surface area contributed by atoms with Crippen molar-refractivity contribution in [1.29, 1.82) is 0 Å². The van der Waals surface area contributed by atoms with E-state index in [0.717, 1.165) is 10.0 Å². The number of amides is 1. The lowest BCUT2D eigenvalue weighted by atomic mass is 10.1. The zero-order chi connectivity index (χ0) is 21.2. The normalized spacial score (nSPS) is 10.6. The van der Waals surface area contributed by atoms with E-state index in [0.29, 0.717) is 21.5 Å². The van der Waals surface area contributed by atoms with E-state index in [1.165, 1.54) is 13.3 Å². The van der Waals surface area contributed by atoms with Gasteiger partial charge in [0, 0.05) is 4.47 Å². The Morgan fingerprint density at radius 2 is 1.90 bits per heavy atom. The molecule has 0 heterocycles. The number of methoxy groups -OCH3 is 1. The van der Waals surface area contributed by atoms with Gasteiger partial charge in [-0.3, -0.25) is 4.79 Å². The minimum Gasteiger partial charge on any atom is -0.493 e. The third kappa shape index (κ3) is 7.51. The summed E-state index contributed by atoms with van der Waals surface area (Å²) in [5, 5.41) is 3.97. The number of ether oxygens (including phenoxy) is 3. The number of rotatable bonds is 9. The van der Waals surface area contributed by atoms with Gasteiger partial charge in [-0.2, -0.15) is 5.10 Å². The number of halogens is 2. The molecule has 29 heavy (non-hydrogen) atoms. The second kappa shape index (κ2) is 11.6. The molecule has 0 bridgehead atoms. The van der Waals surface area contributed by atoms with Crippen LogP contribution in [0.3, 0.4) is 0 Å². The van der Waals surface area contributed by atoms with E-state index in [9.17, 15) is 9.59 Å². The summed E-state index contributed by atoms with van der Waals surface area (Å²) in [5.41, 5.74) is 4.04. The van der Waals surface area contributed by atoms with Crippen LogP contribution in [0.1, 0.15) is 18.1 Å². The predicted octanol–water partition coefficient (Wildman–Crippen LogP) is 3.85. The van der Waals surface area contributed by atoms with Gasteiger partial charge < -0.3 is 14.2 Å². The van der Waals surface area contributed by atoms with Crippen LogP contribution in [-0.2, 0) is 20.7 Å². The number of carbonyl (C=O) groups is 2. The Morgan fingerprint density at radius 1 is 1.17 bits per heavy atom. The van der Waals surface area contributed by atoms with Crippen LogP contribution in [0.2, 0.25) is 0 Å². The zero-order valence-electron chi connectivity index (χ0n) is 15.9. The molecule has 0 fully saturated rings. The minimum atomic E-state index is -0.472. The molecule has 9 heteroatoms. The molecule has 2 rings (SSSR count). The summed E-state index contributed by atoms with van der Waals surface area (Å²) < 4.78 is 17.2. The smallest absolute Gasteiger partial charge is 0.344 e. The molecule has 0 saturated heterocycles. The number of benzene rings is 2. The molecular weight excluding hydrogens is 508 g/mol. The summed E-state index contributed by atoms with van der Waals surface area (Å²) in [5.74, 6) is 0.0767. The number of hydrogen-bond donors (Lipinski definition) is 1.